The van der Waals surface area contributed by atoms with Crippen LogP contribution in [0.4, 0.5) is 0 Å². The molecule has 0 fully saturated rings. The largest absolute Gasteiger partial charge is 0.463 e. The first-order valence-electron chi connectivity index (χ1n) is 12.1. The number of benzene rings is 2. The molecular formula is C29H26N4O3S. The molecule has 0 N–H and O–H groups in total. The molecule has 1 aliphatic heterocycles. The van der Waals surface area contributed by atoms with Crippen molar-refractivity contribution in [2.75, 3.05) is 6.61 Å². The molecule has 0 saturated heterocycles. The van der Waals surface area contributed by atoms with Gasteiger partial charge in [-0.3, -0.25) is 9.36 Å². The summed E-state index contributed by atoms with van der Waals surface area (Å²) in [4.78, 5) is 32.2. The highest BCUT2D eigenvalue weighted by atomic mass is 32.1. The van der Waals surface area contributed by atoms with Crippen LogP contribution in [0.25, 0.3) is 17.0 Å². The van der Waals surface area contributed by atoms with Crippen LogP contribution < -0.4 is 14.9 Å². The number of rotatable bonds is 5. The maximum absolute atomic E-state index is 13.9. The van der Waals surface area contributed by atoms with Crippen LogP contribution in [0.15, 0.2) is 69.6 Å². The maximum Gasteiger partial charge on any atom is 0.338 e. The lowest BCUT2D eigenvalue weighted by molar-refractivity contribution is -0.139. The number of carbonyl (C=O) groups excluding carboxylic acids is 1. The third kappa shape index (κ3) is 4.11. The molecule has 0 aliphatic carbocycles. The molecule has 3 heterocycles. The van der Waals surface area contributed by atoms with Gasteiger partial charge < -0.3 is 9.30 Å². The number of allylic oxidation sites excluding steroid dienone is 1. The van der Waals surface area contributed by atoms with Crippen molar-refractivity contribution in [3.63, 3.8) is 0 Å². The predicted molar refractivity (Wildman–Crippen MR) is 144 cm³/mol. The van der Waals surface area contributed by atoms with Gasteiger partial charge in [0, 0.05) is 22.2 Å². The number of esters is 1. The molecule has 0 bridgehead atoms. The third-order valence-corrected chi connectivity index (χ3v) is 7.68. The Hall–Kier alpha value is -4.22. The molecule has 1 atom stereocenters. The molecule has 2 aromatic heterocycles. The Morgan fingerprint density at radius 3 is 2.59 bits per heavy atom. The number of nitrogens with zero attached hydrogens (tertiary/aromatic N) is 4. The monoisotopic (exact) mass is 510 g/mol. The highest BCUT2D eigenvalue weighted by Gasteiger charge is 2.33. The number of thiazole rings is 1. The topological polar surface area (TPSA) is 89.4 Å². The van der Waals surface area contributed by atoms with Gasteiger partial charge in [0.2, 0.25) is 0 Å². The van der Waals surface area contributed by atoms with Crippen LogP contribution in [0, 0.1) is 25.2 Å². The van der Waals surface area contributed by atoms with Crippen LogP contribution in [0.1, 0.15) is 42.3 Å². The molecule has 7 nitrogen and oxygen atoms in total. The minimum absolute atomic E-state index is 0.219. The highest BCUT2D eigenvalue weighted by molar-refractivity contribution is 7.07. The zero-order chi connectivity index (χ0) is 26.3. The number of aryl methyl sites for hydroxylation is 1. The third-order valence-electron chi connectivity index (χ3n) is 6.69. The standard InChI is InChI=1S/C29H26N4O3S/c1-5-36-28(35)25-18(3)31-29-33(26(25)20-12-10-17(2)11-13-20)27(34)24(37-29)16-22-19(4)32(15-14-30)23-9-7-6-8-21(22)23/h6-13,16,26H,5,15H2,1-4H3/b24-16-/t26-/m1/s1. The average Bonchev–Trinajstić information content (AvgIpc) is 3.33. The number of fused-ring (bicyclic) bond motifs is 2. The number of hydrogen-bond donors (Lipinski definition) is 0. The number of hydrogen-bond acceptors (Lipinski definition) is 6. The van der Waals surface area contributed by atoms with E-state index in [0.29, 0.717) is 20.6 Å². The molecule has 0 unspecified atom stereocenters. The summed E-state index contributed by atoms with van der Waals surface area (Å²) in [7, 11) is 0. The summed E-state index contributed by atoms with van der Waals surface area (Å²) >= 11 is 1.30. The second-order valence-electron chi connectivity index (χ2n) is 8.97. The van der Waals surface area contributed by atoms with Gasteiger partial charge in [-0.15, -0.1) is 0 Å². The zero-order valence-electron chi connectivity index (χ0n) is 21.1. The van der Waals surface area contributed by atoms with Crippen LogP contribution in [0.3, 0.4) is 0 Å². The van der Waals surface area contributed by atoms with Crippen LogP contribution in [0.5, 0.6) is 0 Å². The van der Waals surface area contributed by atoms with E-state index in [1.54, 1.807) is 18.4 Å². The van der Waals surface area contributed by atoms with Crippen molar-refractivity contribution in [2.45, 2.75) is 40.3 Å². The van der Waals surface area contributed by atoms with Gasteiger partial charge in [-0.25, -0.2) is 9.79 Å². The summed E-state index contributed by atoms with van der Waals surface area (Å²) in [6, 6.07) is 17.3. The van der Waals surface area contributed by atoms with E-state index in [2.05, 4.69) is 11.1 Å². The van der Waals surface area contributed by atoms with E-state index in [9.17, 15) is 14.9 Å². The summed E-state index contributed by atoms with van der Waals surface area (Å²) in [5.41, 5.74) is 5.33. The van der Waals surface area contributed by atoms with Crippen LogP contribution in [-0.2, 0) is 16.1 Å². The molecule has 0 spiro atoms. The molecular weight excluding hydrogens is 484 g/mol. The molecule has 0 saturated carbocycles. The maximum atomic E-state index is 13.9. The summed E-state index contributed by atoms with van der Waals surface area (Å²) in [5.74, 6) is -0.473. The van der Waals surface area contributed by atoms with E-state index in [1.165, 1.54) is 11.3 Å². The Morgan fingerprint density at radius 2 is 1.89 bits per heavy atom. The van der Waals surface area contributed by atoms with E-state index >= 15 is 0 Å². The van der Waals surface area contributed by atoms with Crippen molar-refractivity contribution in [1.82, 2.24) is 9.13 Å². The van der Waals surface area contributed by atoms with Crippen molar-refractivity contribution in [1.29, 1.82) is 5.26 Å². The first-order chi connectivity index (χ1) is 17.8. The fourth-order valence-corrected chi connectivity index (χ4v) is 5.93. The number of aromatic nitrogens is 2. The van der Waals surface area contributed by atoms with Crippen molar-refractivity contribution < 1.29 is 9.53 Å². The minimum atomic E-state index is -0.640. The normalized spacial score (nSPS) is 15.4. The average molecular weight is 511 g/mol. The Labute approximate surface area is 217 Å². The van der Waals surface area contributed by atoms with Crippen molar-refractivity contribution in [3.05, 3.63) is 102 Å². The molecule has 4 aromatic rings. The van der Waals surface area contributed by atoms with E-state index in [4.69, 9.17) is 4.74 Å². The van der Waals surface area contributed by atoms with Gasteiger partial charge in [0.25, 0.3) is 5.56 Å². The Morgan fingerprint density at radius 1 is 1.16 bits per heavy atom. The van der Waals surface area contributed by atoms with Gasteiger partial charge in [-0.05, 0) is 45.4 Å². The van der Waals surface area contributed by atoms with Crippen LogP contribution >= 0.6 is 11.3 Å². The second kappa shape index (κ2) is 9.68. The summed E-state index contributed by atoms with van der Waals surface area (Å²) in [5, 5.41) is 10.3. The van der Waals surface area contributed by atoms with Gasteiger partial charge in [-0.2, -0.15) is 5.26 Å². The van der Waals surface area contributed by atoms with E-state index in [-0.39, 0.29) is 18.7 Å². The molecule has 1 aliphatic rings. The van der Waals surface area contributed by atoms with E-state index in [0.717, 1.165) is 33.3 Å². The van der Waals surface area contributed by atoms with Crippen molar-refractivity contribution >= 4 is 34.3 Å². The fourth-order valence-electron chi connectivity index (χ4n) is 4.90. The van der Waals surface area contributed by atoms with Crippen LogP contribution in [-0.4, -0.2) is 21.7 Å². The summed E-state index contributed by atoms with van der Waals surface area (Å²) in [6.07, 6.45) is 1.88. The van der Waals surface area contributed by atoms with Crippen molar-refractivity contribution in [2.24, 2.45) is 4.99 Å². The minimum Gasteiger partial charge on any atom is -0.463 e. The lowest BCUT2D eigenvalue weighted by atomic mass is 9.95. The van der Waals surface area contributed by atoms with Gasteiger partial charge >= 0.3 is 5.97 Å². The first-order valence-corrected chi connectivity index (χ1v) is 12.9. The second-order valence-corrected chi connectivity index (χ2v) is 9.98. The van der Waals surface area contributed by atoms with Gasteiger partial charge in [0.05, 0.1) is 34.5 Å². The number of para-hydroxylation sites is 1. The zero-order valence-corrected chi connectivity index (χ0v) is 21.9. The number of carbonyl (C=O) groups is 1. The Kier molecular flexibility index (Phi) is 6.40. The number of ether oxygens (including phenoxy) is 1. The molecule has 0 amide bonds. The Bertz CT molecular complexity index is 1800. The molecule has 37 heavy (non-hydrogen) atoms. The summed E-state index contributed by atoms with van der Waals surface area (Å²) < 4.78 is 9.44. The lowest BCUT2D eigenvalue weighted by Crippen LogP contribution is -2.39. The predicted octanol–water partition coefficient (Wildman–Crippen LogP) is 3.89. The first kappa shape index (κ1) is 24.5. The summed E-state index contributed by atoms with van der Waals surface area (Å²) in [6.45, 7) is 7.94. The SMILES string of the molecule is CCOC(=O)C1=C(C)N=c2s/c(=C\c3c(C)n(CC#N)c4ccccc34)c(=O)n2[C@@H]1c1ccc(C)cc1. The quantitative estimate of drug-likeness (QED) is 0.381. The molecule has 186 valence electrons. The van der Waals surface area contributed by atoms with Gasteiger partial charge in [0.1, 0.15) is 6.54 Å². The molecule has 5 rings (SSSR count). The highest BCUT2D eigenvalue weighted by Crippen LogP contribution is 2.31. The van der Waals surface area contributed by atoms with Crippen LogP contribution in [0.2, 0.25) is 0 Å². The molecule has 0 radical (unpaired) electrons. The Balaban J connectivity index is 1.77. The fraction of sp³-hybridized carbons (Fsp3) is 0.241. The lowest BCUT2D eigenvalue weighted by Gasteiger charge is -2.24. The van der Waals surface area contributed by atoms with Gasteiger partial charge in [-0.1, -0.05) is 59.4 Å². The molecule has 8 heteroatoms. The van der Waals surface area contributed by atoms with Gasteiger partial charge in [0.15, 0.2) is 4.80 Å². The smallest absolute Gasteiger partial charge is 0.338 e. The van der Waals surface area contributed by atoms with E-state index < -0.39 is 12.0 Å². The van der Waals surface area contributed by atoms with E-state index in [1.807, 2.05) is 73.0 Å². The number of nitriles is 1. The van der Waals surface area contributed by atoms with Crippen molar-refractivity contribution in [3.8, 4) is 6.07 Å². The molecule has 2 aromatic carbocycles.